The summed E-state index contributed by atoms with van der Waals surface area (Å²) in [6.45, 7) is 6.16. The molecule has 2 aromatic carbocycles. The highest BCUT2D eigenvalue weighted by Gasteiger charge is 2.31. The standard InChI is InChI=1S/C23H29Cl2N3O4S/c1-3-22(28(33(2,30)31)19-7-8-20(24)21(25)14-19)23(29)26-15-17-5-4-6-18(13-17)16-27-9-11-32-12-10-27/h4-8,13-14,22H,3,9-12,15-16H2,1-2H3,(H,26,29)/t22-/m0/s1. The van der Waals surface area contributed by atoms with E-state index in [2.05, 4.69) is 22.3 Å². The molecule has 0 spiro atoms. The maximum Gasteiger partial charge on any atom is 0.244 e. The van der Waals surface area contributed by atoms with E-state index in [-0.39, 0.29) is 17.4 Å². The summed E-state index contributed by atoms with van der Waals surface area (Å²) in [6.07, 6.45) is 1.36. The van der Waals surface area contributed by atoms with Gasteiger partial charge in [-0.25, -0.2) is 8.42 Å². The van der Waals surface area contributed by atoms with Crippen molar-refractivity contribution in [3.8, 4) is 0 Å². The van der Waals surface area contributed by atoms with Crippen LogP contribution in [0.15, 0.2) is 42.5 Å². The van der Waals surface area contributed by atoms with Gasteiger partial charge in [-0.05, 0) is 35.7 Å². The summed E-state index contributed by atoms with van der Waals surface area (Å²) in [5.74, 6) is -0.382. The van der Waals surface area contributed by atoms with Crippen LogP contribution in [-0.2, 0) is 32.6 Å². The third-order valence-corrected chi connectivity index (χ3v) is 7.37. The average Bonchev–Trinajstić information content (AvgIpc) is 2.78. The summed E-state index contributed by atoms with van der Waals surface area (Å²) < 4.78 is 31.7. The smallest absolute Gasteiger partial charge is 0.244 e. The number of carbonyl (C=O) groups is 1. The van der Waals surface area contributed by atoms with Crippen molar-refractivity contribution in [2.24, 2.45) is 0 Å². The highest BCUT2D eigenvalue weighted by Crippen LogP contribution is 2.30. The number of hydrogen-bond acceptors (Lipinski definition) is 5. The number of nitrogens with one attached hydrogen (secondary N) is 1. The van der Waals surface area contributed by atoms with Crippen molar-refractivity contribution < 1.29 is 17.9 Å². The second kappa shape index (κ2) is 11.5. The summed E-state index contributed by atoms with van der Waals surface area (Å²) in [4.78, 5) is 15.4. The van der Waals surface area contributed by atoms with Crippen LogP contribution >= 0.6 is 23.2 Å². The normalized spacial score (nSPS) is 15.8. The van der Waals surface area contributed by atoms with Gasteiger partial charge in [-0.15, -0.1) is 0 Å². The molecule has 0 unspecified atom stereocenters. The second-order valence-corrected chi connectivity index (χ2v) is 10.7. The van der Waals surface area contributed by atoms with Gasteiger partial charge in [0.2, 0.25) is 15.9 Å². The molecule has 7 nitrogen and oxygen atoms in total. The maximum absolute atomic E-state index is 13.1. The summed E-state index contributed by atoms with van der Waals surface area (Å²) >= 11 is 12.1. The highest BCUT2D eigenvalue weighted by molar-refractivity contribution is 7.92. The monoisotopic (exact) mass is 513 g/mol. The number of nitrogens with zero attached hydrogens (tertiary/aromatic N) is 2. The molecule has 0 radical (unpaired) electrons. The van der Waals surface area contributed by atoms with Gasteiger partial charge in [-0.1, -0.05) is 54.4 Å². The van der Waals surface area contributed by atoms with E-state index in [1.54, 1.807) is 13.0 Å². The molecule has 0 aliphatic carbocycles. The van der Waals surface area contributed by atoms with E-state index in [9.17, 15) is 13.2 Å². The first-order valence-electron chi connectivity index (χ1n) is 10.8. The molecule has 10 heteroatoms. The molecule has 1 heterocycles. The van der Waals surface area contributed by atoms with E-state index in [0.717, 1.165) is 54.5 Å². The Bertz CT molecular complexity index is 1080. The number of halogens is 2. The van der Waals surface area contributed by atoms with Crippen LogP contribution in [0.4, 0.5) is 5.69 Å². The van der Waals surface area contributed by atoms with E-state index < -0.39 is 16.1 Å². The van der Waals surface area contributed by atoms with Gasteiger partial charge in [0.15, 0.2) is 0 Å². The minimum absolute atomic E-state index is 0.218. The molecule has 3 rings (SSSR count). The van der Waals surface area contributed by atoms with E-state index in [1.807, 2.05) is 12.1 Å². The molecule has 0 saturated carbocycles. The minimum Gasteiger partial charge on any atom is -0.379 e. The number of hydrogen-bond donors (Lipinski definition) is 1. The zero-order chi connectivity index (χ0) is 24.0. The molecule has 1 N–H and O–H groups in total. The lowest BCUT2D eigenvalue weighted by Crippen LogP contribution is -2.49. The minimum atomic E-state index is -3.75. The number of morpholine rings is 1. The SMILES string of the molecule is CC[C@@H](C(=O)NCc1cccc(CN2CCOCC2)c1)N(c1ccc(Cl)c(Cl)c1)S(C)(=O)=O. The summed E-state index contributed by atoms with van der Waals surface area (Å²) in [5.41, 5.74) is 2.40. The van der Waals surface area contributed by atoms with E-state index in [0.29, 0.717) is 17.3 Å². The van der Waals surface area contributed by atoms with Crippen molar-refractivity contribution in [2.45, 2.75) is 32.5 Å². The second-order valence-electron chi connectivity index (χ2n) is 8.01. The number of sulfonamides is 1. The first-order chi connectivity index (χ1) is 15.7. The van der Waals surface area contributed by atoms with Gasteiger partial charge in [0.25, 0.3) is 0 Å². The van der Waals surface area contributed by atoms with Crippen LogP contribution in [0.5, 0.6) is 0 Å². The van der Waals surface area contributed by atoms with Crippen LogP contribution in [-0.4, -0.2) is 57.8 Å². The van der Waals surface area contributed by atoms with Crippen molar-refractivity contribution in [1.82, 2.24) is 10.2 Å². The molecule has 0 bridgehead atoms. The average molecular weight is 514 g/mol. The van der Waals surface area contributed by atoms with Crippen LogP contribution in [0.3, 0.4) is 0 Å². The zero-order valence-electron chi connectivity index (χ0n) is 18.8. The van der Waals surface area contributed by atoms with Crippen LogP contribution in [0.2, 0.25) is 10.0 Å². The summed E-state index contributed by atoms with van der Waals surface area (Å²) in [5, 5.41) is 3.42. The molecular formula is C23H29Cl2N3O4S. The van der Waals surface area contributed by atoms with Crippen LogP contribution in [0.1, 0.15) is 24.5 Å². The number of ether oxygens (including phenoxy) is 1. The van der Waals surface area contributed by atoms with Crippen LogP contribution < -0.4 is 9.62 Å². The molecule has 1 aliphatic rings. The number of rotatable bonds is 9. The molecule has 0 aromatic heterocycles. The van der Waals surface area contributed by atoms with E-state index in [1.165, 1.54) is 12.1 Å². The van der Waals surface area contributed by atoms with E-state index >= 15 is 0 Å². The summed E-state index contributed by atoms with van der Waals surface area (Å²) in [7, 11) is -3.75. The Labute approximate surface area is 205 Å². The Kier molecular flexibility index (Phi) is 9.01. The van der Waals surface area contributed by atoms with Crippen molar-refractivity contribution in [3.63, 3.8) is 0 Å². The van der Waals surface area contributed by atoms with Crippen molar-refractivity contribution in [3.05, 3.63) is 63.6 Å². The number of anilines is 1. The van der Waals surface area contributed by atoms with Crippen molar-refractivity contribution >= 4 is 44.8 Å². The molecule has 180 valence electrons. The first-order valence-corrected chi connectivity index (χ1v) is 13.4. The van der Waals surface area contributed by atoms with Gasteiger partial charge in [0.1, 0.15) is 6.04 Å². The largest absolute Gasteiger partial charge is 0.379 e. The molecule has 1 fully saturated rings. The first kappa shape index (κ1) is 25.8. The molecule has 33 heavy (non-hydrogen) atoms. The van der Waals surface area contributed by atoms with Gasteiger partial charge in [0.05, 0.1) is 35.2 Å². The third-order valence-electron chi connectivity index (χ3n) is 5.46. The Hall–Kier alpha value is -1.84. The van der Waals surface area contributed by atoms with Gasteiger partial charge < -0.3 is 10.1 Å². The molecule has 1 saturated heterocycles. The lowest BCUT2D eigenvalue weighted by molar-refractivity contribution is -0.122. The molecule has 1 aliphatic heterocycles. The van der Waals surface area contributed by atoms with Crippen molar-refractivity contribution in [2.75, 3.05) is 36.9 Å². The predicted molar refractivity (Wildman–Crippen MR) is 132 cm³/mol. The van der Waals surface area contributed by atoms with Gasteiger partial charge in [-0.3, -0.25) is 14.0 Å². The Morgan fingerprint density at radius 3 is 2.45 bits per heavy atom. The number of carbonyl (C=O) groups excluding carboxylic acids is 1. The fourth-order valence-corrected chi connectivity index (χ4v) is 5.34. The highest BCUT2D eigenvalue weighted by atomic mass is 35.5. The van der Waals surface area contributed by atoms with E-state index in [4.69, 9.17) is 27.9 Å². The molecule has 1 amide bonds. The Balaban J connectivity index is 1.71. The Morgan fingerprint density at radius 1 is 1.12 bits per heavy atom. The molecular weight excluding hydrogens is 485 g/mol. The lowest BCUT2D eigenvalue weighted by atomic mass is 10.1. The molecule has 2 aromatic rings. The Morgan fingerprint density at radius 2 is 1.82 bits per heavy atom. The van der Waals surface area contributed by atoms with Gasteiger partial charge >= 0.3 is 0 Å². The third kappa shape index (κ3) is 7.07. The number of benzene rings is 2. The summed E-state index contributed by atoms with van der Waals surface area (Å²) in [6, 6.07) is 11.6. The van der Waals surface area contributed by atoms with Gasteiger partial charge in [0, 0.05) is 26.2 Å². The fourth-order valence-electron chi connectivity index (χ4n) is 3.84. The van der Waals surface area contributed by atoms with Crippen LogP contribution in [0, 0.1) is 0 Å². The fraction of sp³-hybridized carbons (Fsp3) is 0.435. The lowest BCUT2D eigenvalue weighted by Gasteiger charge is -2.30. The van der Waals surface area contributed by atoms with Gasteiger partial charge in [-0.2, -0.15) is 0 Å². The molecule has 1 atom stereocenters. The quantitative estimate of drug-likeness (QED) is 0.553. The number of amides is 1. The van der Waals surface area contributed by atoms with Crippen LogP contribution in [0.25, 0.3) is 0 Å². The predicted octanol–water partition coefficient (Wildman–Crippen LogP) is 3.69. The maximum atomic E-state index is 13.1. The van der Waals surface area contributed by atoms with Crippen molar-refractivity contribution in [1.29, 1.82) is 0 Å². The zero-order valence-corrected chi connectivity index (χ0v) is 21.1. The topological polar surface area (TPSA) is 79.0 Å².